The molecule has 0 amide bonds. The van der Waals surface area contributed by atoms with Crippen LogP contribution in [0.25, 0.3) is 0 Å². The van der Waals surface area contributed by atoms with E-state index in [1.54, 1.807) is 13.1 Å². The van der Waals surface area contributed by atoms with Crippen molar-refractivity contribution in [2.75, 3.05) is 13.2 Å². The lowest BCUT2D eigenvalue weighted by Crippen LogP contribution is -2.20. The first-order chi connectivity index (χ1) is 6.29. The number of nitrogens with zero attached hydrogens (tertiary/aromatic N) is 1. The number of aliphatic hydroxyl groups excluding tert-OH is 1. The van der Waals surface area contributed by atoms with Crippen molar-refractivity contribution in [1.82, 2.24) is 9.97 Å². The summed E-state index contributed by atoms with van der Waals surface area (Å²) in [6.07, 6.45) is 3.12. The molecule has 72 valence electrons. The zero-order valence-electron chi connectivity index (χ0n) is 7.36. The minimum absolute atomic E-state index is 0.299. The van der Waals surface area contributed by atoms with Gasteiger partial charge in [-0.3, -0.25) is 4.79 Å². The van der Waals surface area contributed by atoms with Crippen molar-refractivity contribution in [3.63, 3.8) is 0 Å². The van der Waals surface area contributed by atoms with Crippen LogP contribution in [0.2, 0.25) is 0 Å². The van der Waals surface area contributed by atoms with Crippen LogP contribution in [0.4, 0.5) is 0 Å². The molecule has 0 aliphatic rings. The predicted molar refractivity (Wildman–Crippen MR) is 45.0 cm³/mol. The van der Waals surface area contributed by atoms with Crippen LogP contribution < -0.4 is 0 Å². The van der Waals surface area contributed by atoms with Gasteiger partial charge in [0.05, 0.1) is 13.2 Å². The molecule has 0 saturated carbocycles. The highest BCUT2D eigenvalue weighted by Gasteiger charge is 2.22. The number of carbonyl (C=O) groups is 1. The van der Waals surface area contributed by atoms with Crippen molar-refractivity contribution in [3.8, 4) is 0 Å². The molecule has 0 radical (unpaired) electrons. The molecule has 1 atom stereocenters. The van der Waals surface area contributed by atoms with Crippen LogP contribution in [0.1, 0.15) is 18.7 Å². The quantitative estimate of drug-likeness (QED) is 0.648. The van der Waals surface area contributed by atoms with Gasteiger partial charge in [-0.25, -0.2) is 4.98 Å². The number of rotatable bonds is 4. The highest BCUT2D eigenvalue weighted by molar-refractivity contribution is 5.77. The van der Waals surface area contributed by atoms with Gasteiger partial charge in [0, 0.05) is 12.4 Å². The molecular formula is C8H12N2O3. The lowest BCUT2D eigenvalue weighted by Gasteiger charge is -2.09. The molecule has 0 aliphatic carbocycles. The standard InChI is InChI=1S/C8H12N2O3/c1-2-13-8(12)6(5-11)7-9-3-4-10-7/h3-4,6,11H,2,5H2,1H3,(H,9,10). The Hall–Kier alpha value is -1.36. The lowest BCUT2D eigenvalue weighted by atomic mass is 10.1. The molecule has 13 heavy (non-hydrogen) atoms. The SMILES string of the molecule is CCOC(=O)C(CO)c1ncc[nH]1. The summed E-state index contributed by atoms with van der Waals surface area (Å²) < 4.78 is 4.76. The van der Waals surface area contributed by atoms with E-state index in [1.807, 2.05) is 0 Å². The van der Waals surface area contributed by atoms with Crippen molar-refractivity contribution in [1.29, 1.82) is 0 Å². The smallest absolute Gasteiger partial charge is 0.318 e. The van der Waals surface area contributed by atoms with E-state index in [2.05, 4.69) is 9.97 Å². The van der Waals surface area contributed by atoms with Crippen LogP contribution in [-0.2, 0) is 9.53 Å². The molecule has 1 unspecified atom stereocenters. The molecule has 2 N–H and O–H groups in total. The third-order valence-electron chi connectivity index (χ3n) is 1.60. The normalized spacial score (nSPS) is 12.5. The number of nitrogens with one attached hydrogen (secondary N) is 1. The second kappa shape index (κ2) is 4.61. The molecule has 1 heterocycles. The van der Waals surface area contributed by atoms with Gasteiger partial charge in [0.2, 0.25) is 0 Å². The number of carbonyl (C=O) groups excluding carboxylic acids is 1. The summed E-state index contributed by atoms with van der Waals surface area (Å²) in [5, 5.41) is 8.93. The second-order valence-corrected chi connectivity index (χ2v) is 2.46. The van der Waals surface area contributed by atoms with Gasteiger partial charge in [0.1, 0.15) is 11.7 Å². The molecule has 1 aromatic heterocycles. The number of hydrogen-bond donors (Lipinski definition) is 2. The van der Waals surface area contributed by atoms with Crippen molar-refractivity contribution in [2.24, 2.45) is 0 Å². The molecule has 1 rings (SSSR count). The molecule has 1 aromatic rings. The summed E-state index contributed by atoms with van der Waals surface area (Å²) in [4.78, 5) is 17.9. The molecule has 0 saturated heterocycles. The van der Waals surface area contributed by atoms with Crippen molar-refractivity contribution < 1.29 is 14.6 Å². The number of aromatic amines is 1. The number of hydrogen-bond acceptors (Lipinski definition) is 4. The zero-order valence-corrected chi connectivity index (χ0v) is 7.36. The van der Waals surface area contributed by atoms with Gasteiger partial charge in [0.15, 0.2) is 0 Å². The van der Waals surface area contributed by atoms with Gasteiger partial charge in [-0.15, -0.1) is 0 Å². The van der Waals surface area contributed by atoms with Gasteiger partial charge >= 0.3 is 5.97 Å². The summed E-state index contributed by atoms with van der Waals surface area (Å²) in [6, 6.07) is 0. The molecular weight excluding hydrogens is 172 g/mol. The monoisotopic (exact) mass is 184 g/mol. The fourth-order valence-electron chi connectivity index (χ4n) is 0.984. The van der Waals surface area contributed by atoms with Gasteiger partial charge in [-0.2, -0.15) is 0 Å². The Kier molecular flexibility index (Phi) is 3.45. The Labute approximate surface area is 75.8 Å². The van der Waals surface area contributed by atoms with E-state index in [-0.39, 0.29) is 6.61 Å². The first kappa shape index (κ1) is 9.73. The maximum Gasteiger partial charge on any atom is 0.318 e. The number of ether oxygens (including phenoxy) is 1. The number of esters is 1. The molecule has 0 aliphatic heterocycles. The molecule has 0 aromatic carbocycles. The maximum absolute atomic E-state index is 11.2. The minimum Gasteiger partial charge on any atom is -0.465 e. The van der Waals surface area contributed by atoms with E-state index in [1.165, 1.54) is 6.20 Å². The third-order valence-corrected chi connectivity index (χ3v) is 1.60. The fraction of sp³-hybridized carbons (Fsp3) is 0.500. The number of H-pyrrole nitrogens is 1. The summed E-state index contributed by atoms with van der Waals surface area (Å²) in [7, 11) is 0. The van der Waals surface area contributed by atoms with Crippen molar-refractivity contribution in [2.45, 2.75) is 12.8 Å². The largest absolute Gasteiger partial charge is 0.465 e. The maximum atomic E-state index is 11.2. The number of imidazole rings is 1. The van der Waals surface area contributed by atoms with E-state index >= 15 is 0 Å². The Balaban J connectivity index is 2.68. The Morgan fingerprint density at radius 1 is 1.85 bits per heavy atom. The first-order valence-corrected chi connectivity index (χ1v) is 4.06. The Morgan fingerprint density at radius 2 is 2.62 bits per heavy atom. The Morgan fingerprint density at radius 3 is 3.08 bits per heavy atom. The van der Waals surface area contributed by atoms with Crippen LogP contribution >= 0.6 is 0 Å². The number of aliphatic hydroxyl groups is 1. The third kappa shape index (κ3) is 2.29. The first-order valence-electron chi connectivity index (χ1n) is 4.06. The van der Waals surface area contributed by atoms with E-state index in [4.69, 9.17) is 9.84 Å². The average Bonchev–Trinajstić information content (AvgIpc) is 2.59. The van der Waals surface area contributed by atoms with Crippen LogP contribution in [0.5, 0.6) is 0 Å². The molecule has 0 spiro atoms. The molecule has 5 heteroatoms. The van der Waals surface area contributed by atoms with Crippen LogP contribution in [0.3, 0.4) is 0 Å². The van der Waals surface area contributed by atoms with Crippen molar-refractivity contribution >= 4 is 5.97 Å². The van der Waals surface area contributed by atoms with E-state index in [0.717, 1.165) is 0 Å². The van der Waals surface area contributed by atoms with Gasteiger partial charge in [-0.1, -0.05) is 0 Å². The summed E-state index contributed by atoms with van der Waals surface area (Å²) in [5.41, 5.74) is 0. The Bertz CT molecular complexity index is 258. The average molecular weight is 184 g/mol. The molecule has 5 nitrogen and oxygen atoms in total. The lowest BCUT2D eigenvalue weighted by molar-refractivity contribution is -0.146. The zero-order chi connectivity index (χ0) is 9.68. The van der Waals surface area contributed by atoms with E-state index in [0.29, 0.717) is 12.4 Å². The van der Waals surface area contributed by atoms with Gasteiger partial charge < -0.3 is 14.8 Å². The van der Waals surface area contributed by atoms with Gasteiger partial charge in [0.25, 0.3) is 0 Å². The van der Waals surface area contributed by atoms with Crippen LogP contribution in [0, 0.1) is 0 Å². The van der Waals surface area contributed by atoms with Crippen LogP contribution in [-0.4, -0.2) is 34.3 Å². The number of aromatic nitrogens is 2. The topological polar surface area (TPSA) is 75.2 Å². The van der Waals surface area contributed by atoms with E-state index < -0.39 is 11.9 Å². The molecule has 0 fully saturated rings. The van der Waals surface area contributed by atoms with Gasteiger partial charge in [-0.05, 0) is 6.92 Å². The predicted octanol–water partition coefficient (Wildman–Crippen LogP) is 0.0487. The summed E-state index contributed by atoms with van der Waals surface area (Å²) >= 11 is 0. The van der Waals surface area contributed by atoms with E-state index in [9.17, 15) is 4.79 Å². The van der Waals surface area contributed by atoms with Crippen molar-refractivity contribution in [3.05, 3.63) is 18.2 Å². The highest BCUT2D eigenvalue weighted by Crippen LogP contribution is 2.11. The molecule has 0 bridgehead atoms. The van der Waals surface area contributed by atoms with Crippen LogP contribution in [0.15, 0.2) is 12.4 Å². The summed E-state index contributed by atoms with van der Waals surface area (Å²) in [5.74, 6) is -0.726. The minimum atomic E-state index is -0.699. The second-order valence-electron chi connectivity index (χ2n) is 2.46. The highest BCUT2D eigenvalue weighted by atomic mass is 16.5. The fourth-order valence-corrected chi connectivity index (χ4v) is 0.984. The summed E-state index contributed by atoms with van der Waals surface area (Å²) in [6.45, 7) is 1.72.